The Morgan fingerprint density at radius 2 is 1.89 bits per heavy atom. The highest BCUT2D eigenvalue weighted by Crippen LogP contribution is 2.25. The second-order valence-corrected chi connectivity index (χ2v) is 7.05. The number of rotatable bonds is 5. The van der Waals surface area contributed by atoms with Crippen LogP contribution in [0.15, 0.2) is 48.5 Å². The SMILES string of the molecule is COCC(=O)N1CCC[C@H](C(=O)Nc2cccc(-c3cccc(C)c3)c2)C1. The number of anilines is 1. The Hall–Kier alpha value is -2.66. The van der Waals surface area contributed by atoms with Crippen LogP contribution in [0.1, 0.15) is 18.4 Å². The lowest BCUT2D eigenvalue weighted by atomic mass is 9.96. The fourth-order valence-electron chi connectivity index (χ4n) is 3.48. The largest absolute Gasteiger partial charge is 0.375 e. The van der Waals surface area contributed by atoms with E-state index in [-0.39, 0.29) is 24.3 Å². The van der Waals surface area contributed by atoms with Gasteiger partial charge in [0.15, 0.2) is 0 Å². The Bertz CT molecular complexity index is 819. The number of carbonyl (C=O) groups excluding carboxylic acids is 2. The van der Waals surface area contributed by atoms with Crippen molar-refractivity contribution in [3.63, 3.8) is 0 Å². The molecule has 1 saturated heterocycles. The van der Waals surface area contributed by atoms with Crippen LogP contribution in [0.25, 0.3) is 11.1 Å². The molecule has 2 aromatic carbocycles. The number of ether oxygens (including phenoxy) is 1. The van der Waals surface area contributed by atoms with Gasteiger partial charge in [-0.25, -0.2) is 0 Å². The van der Waals surface area contributed by atoms with E-state index >= 15 is 0 Å². The van der Waals surface area contributed by atoms with Crippen molar-refractivity contribution in [2.75, 3.05) is 32.1 Å². The molecule has 1 aliphatic rings. The first-order valence-electron chi connectivity index (χ1n) is 9.31. The predicted octanol–water partition coefficient (Wildman–Crippen LogP) is 3.49. The van der Waals surface area contributed by atoms with Gasteiger partial charge in [0.25, 0.3) is 0 Å². The van der Waals surface area contributed by atoms with Crippen LogP contribution < -0.4 is 5.32 Å². The highest BCUT2D eigenvalue weighted by Gasteiger charge is 2.28. The fraction of sp³-hybridized carbons (Fsp3) is 0.364. The van der Waals surface area contributed by atoms with Crippen LogP contribution in [-0.4, -0.2) is 43.5 Å². The molecular formula is C22H26N2O3. The zero-order chi connectivity index (χ0) is 19.2. The number of benzene rings is 2. The lowest BCUT2D eigenvalue weighted by molar-refractivity contribution is -0.138. The number of methoxy groups -OCH3 is 1. The molecule has 0 saturated carbocycles. The van der Waals surface area contributed by atoms with Gasteiger partial charge in [-0.3, -0.25) is 9.59 Å². The Labute approximate surface area is 160 Å². The number of nitrogens with zero attached hydrogens (tertiary/aromatic N) is 1. The summed E-state index contributed by atoms with van der Waals surface area (Å²) in [5, 5.41) is 3.02. The monoisotopic (exact) mass is 366 g/mol. The Balaban J connectivity index is 1.67. The third-order valence-corrected chi connectivity index (χ3v) is 4.89. The molecule has 0 aliphatic carbocycles. The Morgan fingerprint density at radius 3 is 2.63 bits per heavy atom. The van der Waals surface area contributed by atoms with Gasteiger partial charge in [0.05, 0.1) is 5.92 Å². The summed E-state index contributed by atoms with van der Waals surface area (Å²) in [5.74, 6) is -0.287. The minimum Gasteiger partial charge on any atom is -0.375 e. The van der Waals surface area contributed by atoms with Crippen molar-refractivity contribution in [1.82, 2.24) is 4.90 Å². The number of hydrogen-bond donors (Lipinski definition) is 1. The van der Waals surface area contributed by atoms with Crippen LogP contribution in [0.5, 0.6) is 0 Å². The summed E-state index contributed by atoms with van der Waals surface area (Å²) in [5.41, 5.74) is 4.17. The quantitative estimate of drug-likeness (QED) is 0.881. The molecule has 0 spiro atoms. The molecule has 1 aliphatic heterocycles. The number of likely N-dealkylation sites (tertiary alicyclic amines) is 1. The van der Waals surface area contributed by atoms with Crippen molar-refractivity contribution in [1.29, 1.82) is 0 Å². The van der Waals surface area contributed by atoms with E-state index in [4.69, 9.17) is 4.74 Å². The van der Waals surface area contributed by atoms with Gasteiger partial charge < -0.3 is 15.0 Å². The van der Waals surface area contributed by atoms with Crippen LogP contribution >= 0.6 is 0 Å². The molecule has 1 fully saturated rings. The molecule has 27 heavy (non-hydrogen) atoms. The average Bonchev–Trinajstić information content (AvgIpc) is 2.68. The van der Waals surface area contributed by atoms with E-state index in [9.17, 15) is 9.59 Å². The summed E-state index contributed by atoms with van der Waals surface area (Å²) >= 11 is 0. The highest BCUT2D eigenvalue weighted by molar-refractivity contribution is 5.94. The van der Waals surface area contributed by atoms with Gasteiger partial charge in [-0.05, 0) is 43.0 Å². The third kappa shape index (κ3) is 4.95. The fourth-order valence-corrected chi connectivity index (χ4v) is 3.48. The first kappa shape index (κ1) is 19.1. The van der Waals surface area contributed by atoms with E-state index in [1.807, 2.05) is 30.3 Å². The van der Waals surface area contributed by atoms with Gasteiger partial charge in [0, 0.05) is 25.9 Å². The zero-order valence-corrected chi connectivity index (χ0v) is 15.9. The summed E-state index contributed by atoms with van der Waals surface area (Å²) in [6, 6.07) is 16.2. The Kier molecular flexibility index (Phi) is 6.24. The van der Waals surface area contributed by atoms with E-state index in [0.29, 0.717) is 13.1 Å². The van der Waals surface area contributed by atoms with E-state index in [0.717, 1.165) is 29.7 Å². The van der Waals surface area contributed by atoms with Gasteiger partial charge in [-0.1, -0.05) is 42.0 Å². The van der Waals surface area contributed by atoms with E-state index < -0.39 is 0 Å². The second-order valence-electron chi connectivity index (χ2n) is 7.05. The second kappa shape index (κ2) is 8.82. The van der Waals surface area contributed by atoms with Crippen LogP contribution in [-0.2, 0) is 14.3 Å². The van der Waals surface area contributed by atoms with Crippen LogP contribution in [0.3, 0.4) is 0 Å². The van der Waals surface area contributed by atoms with Crippen molar-refractivity contribution in [3.8, 4) is 11.1 Å². The van der Waals surface area contributed by atoms with Crippen molar-refractivity contribution in [3.05, 3.63) is 54.1 Å². The molecule has 1 atom stereocenters. The molecule has 0 bridgehead atoms. The smallest absolute Gasteiger partial charge is 0.248 e. The molecule has 1 N–H and O–H groups in total. The van der Waals surface area contributed by atoms with E-state index in [1.165, 1.54) is 12.7 Å². The summed E-state index contributed by atoms with van der Waals surface area (Å²) in [4.78, 5) is 26.5. The maximum absolute atomic E-state index is 12.7. The molecule has 5 nitrogen and oxygen atoms in total. The first-order valence-corrected chi connectivity index (χ1v) is 9.31. The molecule has 2 amide bonds. The van der Waals surface area contributed by atoms with Gasteiger partial charge >= 0.3 is 0 Å². The lowest BCUT2D eigenvalue weighted by Crippen LogP contribution is -2.45. The highest BCUT2D eigenvalue weighted by atomic mass is 16.5. The minimum atomic E-state index is -0.192. The molecule has 2 aromatic rings. The van der Waals surface area contributed by atoms with Gasteiger partial charge in [0.2, 0.25) is 11.8 Å². The first-order chi connectivity index (χ1) is 13.1. The number of carbonyl (C=O) groups is 2. The number of aryl methyl sites for hydroxylation is 1. The average molecular weight is 366 g/mol. The van der Waals surface area contributed by atoms with Gasteiger partial charge in [0.1, 0.15) is 6.61 Å². The van der Waals surface area contributed by atoms with E-state index in [2.05, 4.69) is 30.4 Å². The molecular weight excluding hydrogens is 340 g/mol. The molecule has 0 aromatic heterocycles. The maximum Gasteiger partial charge on any atom is 0.248 e. The summed E-state index contributed by atoms with van der Waals surface area (Å²) in [6.45, 7) is 3.27. The summed E-state index contributed by atoms with van der Waals surface area (Å²) < 4.78 is 4.92. The van der Waals surface area contributed by atoms with Crippen LogP contribution in [0, 0.1) is 12.8 Å². The molecule has 0 unspecified atom stereocenters. The lowest BCUT2D eigenvalue weighted by Gasteiger charge is -2.32. The molecule has 0 radical (unpaired) electrons. The topological polar surface area (TPSA) is 58.6 Å². The Morgan fingerprint density at radius 1 is 1.15 bits per heavy atom. The van der Waals surface area contributed by atoms with Crippen molar-refractivity contribution >= 4 is 17.5 Å². The molecule has 142 valence electrons. The predicted molar refractivity (Wildman–Crippen MR) is 106 cm³/mol. The normalized spacial score (nSPS) is 16.8. The minimum absolute atomic E-state index is 0.0358. The number of piperidine rings is 1. The molecule has 3 rings (SSSR count). The van der Waals surface area contributed by atoms with Crippen molar-refractivity contribution in [2.45, 2.75) is 19.8 Å². The zero-order valence-electron chi connectivity index (χ0n) is 15.9. The summed E-state index contributed by atoms with van der Waals surface area (Å²) in [6.07, 6.45) is 1.62. The maximum atomic E-state index is 12.7. The summed E-state index contributed by atoms with van der Waals surface area (Å²) in [7, 11) is 1.51. The molecule has 5 heteroatoms. The molecule has 1 heterocycles. The van der Waals surface area contributed by atoms with Crippen molar-refractivity contribution in [2.24, 2.45) is 5.92 Å². The third-order valence-electron chi connectivity index (χ3n) is 4.89. The van der Waals surface area contributed by atoms with Gasteiger partial charge in [-0.15, -0.1) is 0 Å². The number of amides is 2. The standard InChI is InChI=1S/C22H26N2O3/c1-16-6-3-7-17(12-16)18-8-4-10-20(13-18)23-22(26)19-9-5-11-24(14-19)21(25)15-27-2/h3-4,6-8,10,12-13,19H,5,9,11,14-15H2,1-2H3,(H,23,26)/t19-/m0/s1. The van der Waals surface area contributed by atoms with E-state index in [1.54, 1.807) is 4.90 Å². The van der Waals surface area contributed by atoms with Gasteiger partial charge in [-0.2, -0.15) is 0 Å². The number of nitrogens with one attached hydrogen (secondary N) is 1. The van der Waals surface area contributed by atoms with Crippen molar-refractivity contribution < 1.29 is 14.3 Å². The number of hydrogen-bond acceptors (Lipinski definition) is 3. The van der Waals surface area contributed by atoms with Crippen LogP contribution in [0.2, 0.25) is 0 Å². The van der Waals surface area contributed by atoms with Crippen LogP contribution in [0.4, 0.5) is 5.69 Å².